The fourth-order valence-electron chi connectivity index (χ4n) is 5.63. The molecule has 0 unspecified atom stereocenters. The minimum atomic E-state index is -0.206. The summed E-state index contributed by atoms with van der Waals surface area (Å²) in [7, 11) is 1.78. The molecule has 1 aliphatic heterocycles. The van der Waals surface area contributed by atoms with Crippen molar-refractivity contribution in [3.63, 3.8) is 0 Å². The van der Waals surface area contributed by atoms with Gasteiger partial charge in [0.2, 0.25) is 5.91 Å². The van der Waals surface area contributed by atoms with Crippen molar-refractivity contribution in [1.29, 1.82) is 0 Å². The molecule has 4 nitrogen and oxygen atoms in total. The summed E-state index contributed by atoms with van der Waals surface area (Å²) in [6, 6.07) is 23.2. The molecule has 6 heteroatoms. The maximum atomic E-state index is 13.5. The van der Waals surface area contributed by atoms with Crippen LogP contribution in [-0.4, -0.2) is 48.3 Å². The maximum Gasteiger partial charge on any atom is 0.253 e. The van der Waals surface area contributed by atoms with Crippen molar-refractivity contribution in [3.8, 4) is 0 Å². The number of benzene rings is 3. The minimum absolute atomic E-state index is 0.0266. The smallest absolute Gasteiger partial charge is 0.253 e. The van der Waals surface area contributed by atoms with Gasteiger partial charge in [-0.15, -0.1) is 0 Å². The molecular formula is C31H30Cl2N2O2. The number of allylic oxidation sites excluding steroid dienone is 1. The molecule has 0 saturated carbocycles. The number of piperidine rings is 1. The van der Waals surface area contributed by atoms with Crippen molar-refractivity contribution in [2.75, 3.05) is 26.7 Å². The standard InChI is InChI=1S/C31H30Cl2N2O2/c1-34(30(37)23-8-3-2-4-9-23)21-25(24-11-12-27(32)28(33)19-24)20-29(36)35-17-15-31(16-18-35)14-13-22-7-5-6-10-26(22)31/h2-14,19,25H,15-18,20-21H2,1H3/t25-/m1/s1. The van der Waals surface area contributed by atoms with Gasteiger partial charge in [0.05, 0.1) is 10.0 Å². The van der Waals surface area contributed by atoms with E-state index < -0.39 is 0 Å². The van der Waals surface area contributed by atoms with E-state index in [4.69, 9.17) is 23.2 Å². The third-order valence-electron chi connectivity index (χ3n) is 7.79. The lowest BCUT2D eigenvalue weighted by Crippen LogP contribution is -2.44. The van der Waals surface area contributed by atoms with Crippen molar-refractivity contribution in [3.05, 3.63) is 111 Å². The number of carbonyl (C=O) groups excluding carboxylic acids is 2. The Kier molecular flexibility index (Phi) is 7.41. The Morgan fingerprint density at radius 3 is 2.38 bits per heavy atom. The van der Waals surface area contributed by atoms with Crippen LogP contribution in [0.15, 0.2) is 78.9 Å². The van der Waals surface area contributed by atoms with E-state index in [0.717, 1.165) is 18.4 Å². The van der Waals surface area contributed by atoms with Crippen molar-refractivity contribution < 1.29 is 9.59 Å². The molecule has 0 aromatic heterocycles. The average molecular weight is 533 g/mol. The molecule has 3 aromatic rings. The first-order valence-corrected chi connectivity index (χ1v) is 13.4. The van der Waals surface area contributed by atoms with Crippen LogP contribution in [0.25, 0.3) is 6.08 Å². The predicted octanol–water partition coefficient (Wildman–Crippen LogP) is 6.83. The van der Waals surface area contributed by atoms with Crippen LogP contribution in [-0.2, 0) is 10.2 Å². The van der Waals surface area contributed by atoms with Crippen LogP contribution in [0.4, 0.5) is 0 Å². The molecule has 190 valence electrons. The molecule has 2 aliphatic rings. The van der Waals surface area contributed by atoms with Crippen molar-refractivity contribution in [2.24, 2.45) is 0 Å². The number of likely N-dealkylation sites (N-methyl/N-ethyl adjacent to an activating group) is 1. The zero-order valence-electron chi connectivity index (χ0n) is 20.9. The fraction of sp³-hybridized carbons (Fsp3) is 0.290. The summed E-state index contributed by atoms with van der Waals surface area (Å²) in [6.07, 6.45) is 6.66. The van der Waals surface area contributed by atoms with E-state index in [1.807, 2.05) is 35.2 Å². The molecule has 2 amide bonds. The SMILES string of the molecule is CN(C[C@@H](CC(=O)N1CCC2(C=Cc3ccccc32)CC1)c1ccc(Cl)c(Cl)c1)C(=O)c1ccccc1. The van der Waals surface area contributed by atoms with Gasteiger partial charge >= 0.3 is 0 Å². The Hall–Kier alpha value is -3.08. The Balaban J connectivity index is 1.30. The summed E-state index contributed by atoms with van der Waals surface area (Å²) >= 11 is 12.5. The molecule has 1 aliphatic carbocycles. The van der Waals surface area contributed by atoms with E-state index in [1.54, 1.807) is 30.1 Å². The predicted molar refractivity (Wildman–Crippen MR) is 150 cm³/mol. The molecule has 1 atom stereocenters. The van der Waals surface area contributed by atoms with E-state index >= 15 is 0 Å². The summed E-state index contributed by atoms with van der Waals surface area (Å²) < 4.78 is 0. The van der Waals surface area contributed by atoms with Crippen molar-refractivity contribution in [2.45, 2.75) is 30.6 Å². The van der Waals surface area contributed by atoms with E-state index in [-0.39, 0.29) is 23.1 Å². The van der Waals surface area contributed by atoms with Gasteiger partial charge in [-0.3, -0.25) is 9.59 Å². The first-order valence-electron chi connectivity index (χ1n) is 12.7. The molecule has 1 saturated heterocycles. The Labute approximate surface area is 228 Å². The first-order chi connectivity index (χ1) is 17.9. The van der Waals surface area contributed by atoms with Gasteiger partial charge in [0.25, 0.3) is 5.91 Å². The number of fused-ring (bicyclic) bond motifs is 2. The molecule has 1 heterocycles. The van der Waals surface area contributed by atoms with Crippen LogP contribution in [0.3, 0.4) is 0 Å². The average Bonchev–Trinajstić information content (AvgIpc) is 3.28. The highest BCUT2D eigenvalue weighted by Gasteiger charge is 2.39. The molecule has 0 bridgehead atoms. The molecule has 0 N–H and O–H groups in total. The van der Waals surface area contributed by atoms with Gasteiger partial charge in [0, 0.05) is 50.0 Å². The molecular weight excluding hydrogens is 503 g/mol. The third-order valence-corrected chi connectivity index (χ3v) is 8.52. The van der Waals surface area contributed by atoms with Crippen LogP contribution in [0, 0.1) is 0 Å². The van der Waals surface area contributed by atoms with Gasteiger partial charge in [0.15, 0.2) is 0 Å². The summed E-state index contributed by atoms with van der Waals surface area (Å²) in [5.74, 6) is -0.186. The number of amides is 2. The largest absolute Gasteiger partial charge is 0.343 e. The van der Waals surface area contributed by atoms with Gasteiger partial charge in [0.1, 0.15) is 0 Å². The van der Waals surface area contributed by atoms with Crippen LogP contribution in [0.1, 0.15) is 52.2 Å². The fourth-order valence-corrected chi connectivity index (χ4v) is 5.94. The molecule has 1 fully saturated rings. The summed E-state index contributed by atoms with van der Waals surface area (Å²) in [5, 5.41) is 0.913. The lowest BCUT2D eigenvalue weighted by molar-refractivity contribution is -0.133. The highest BCUT2D eigenvalue weighted by Crippen LogP contribution is 2.43. The minimum Gasteiger partial charge on any atom is -0.343 e. The second-order valence-electron chi connectivity index (χ2n) is 10.1. The quantitative estimate of drug-likeness (QED) is 0.349. The molecule has 37 heavy (non-hydrogen) atoms. The summed E-state index contributed by atoms with van der Waals surface area (Å²) in [4.78, 5) is 30.2. The first kappa shape index (κ1) is 25.6. The number of carbonyl (C=O) groups is 2. The highest BCUT2D eigenvalue weighted by atomic mass is 35.5. The Morgan fingerprint density at radius 1 is 0.946 bits per heavy atom. The molecule has 0 radical (unpaired) electrons. The Morgan fingerprint density at radius 2 is 1.65 bits per heavy atom. The number of rotatable bonds is 6. The normalized spacial score (nSPS) is 16.5. The molecule has 1 spiro atoms. The molecule has 3 aromatic carbocycles. The van der Waals surface area contributed by atoms with Crippen molar-refractivity contribution in [1.82, 2.24) is 9.80 Å². The van der Waals surface area contributed by atoms with Gasteiger partial charge < -0.3 is 9.80 Å². The summed E-state index contributed by atoms with van der Waals surface area (Å²) in [6.45, 7) is 1.82. The van der Waals surface area contributed by atoms with Crippen LogP contribution in [0.2, 0.25) is 10.0 Å². The second kappa shape index (κ2) is 10.7. The monoisotopic (exact) mass is 532 g/mol. The van der Waals surface area contributed by atoms with Crippen LogP contribution >= 0.6 is 23.2 Å². The maximum absolute atomic E-state index is 13.5. The third kappa shape index (κ3) is 5.32. The lowest BCUT2D eigenvalue weighted by atomic mass is 9.74. The zero-order chi connectivity index (χ0) is 26.0. The van der Waals surface area contributed by atoms with Crippen molar-refractivity contribution >= 4 is 41.1 Å². The topological polar surface area (TPSA) is 40.6 Å². The number of hydrogen-bond acceptors (Lipinski definition) is 2. The van der Waals surface area contributed by atoms with Gasteiger partial charge in [-0.25, -0.2) is 0 Å². The Bertz CT molecular complexity index is 1330. The number of nitrogens with zero attached hydrogens (tertiary/aromatic N) is 2. The van der Waals surface area contributed by atoms with E-state index in [9.17, 15) is 9.59 Å². The van der Waals surface area contributed by atoms with E-state index in [0.29, 0.717) is 41.7 Å². The highest BCUT2D eigenvalue weighted by molar-refractivity contribution is 6.42. The number of likely N-dealkylation sites (tertiary alicyclic amines) is 1. The number of hydrogen-bond donors (Lipinski definition) is 0. The van der Waals surface area contributed by atoms with Gasteiger partial charge in [-0.2, -0.15) is 0 Å². The van der Waals surface area contributed by atoms with E-state index in [1.165, 1.54) is 11.1 Å². The van der Waals surface area contributed by atoms with Crippen LogP contribution in [0.5, 0.6) is 0 Å². The number of halogens is 2. The van der Waals surface area contributed by atoms with Gasteiger partial charge in [-0.05, 0) is 53.8 Å². The summed E-state index contributed by atoms with van der Waals surface area (Å²) in [5.41, 5.74) is 4.20. The van der Waals surface area contributed by atoms with E-state index in [2.05, 4.69) is 36.4 Å². The second-order valence-corrected chi connectivity index (χ2v) is 10.9. The lowest BCUT2D eigenvalue weighted by Gasteiger charge is -2.40. The van der Waals surface area contributed by atoms with Crippen LogP contribution < -0.4 is 0 Å². The zero-order valence-corrected chi connectivity index (χ0v) is 22.4. The van der Waals surface area contributed by atoms with Gasteiger partial charge in [-0.1, -0.05) is 83.9 Å². The molecule has 5 rings (SSSR count).